The van der Waals surface area contributed by atoms with Crippen molar-refractivity contribution in [2.45, 2.75) is 52.0 Å². The maximum Gasteiger partial charge on any atom is 0.0320 e. The zero-order valence-electron chi connectivity index (χ0n) is 11.3. The van der Waals surface area contributed by atoms with E-state index in [0.717, 1.165) is 0 Å². The lowest BCUT2D eigenvalue weighted by Gasteiger charge is -2.27. The van der Waals surface area contributed by atoms with E-state index in [2.05, 4.69) is 64.3 Å². The van der Waals surface area contributed by atoms with Crippen molar-refractivity contribution >= 4 is 0 Å². The lowest BCUT2D eigenvalue weighted by Crippen LogP contribution is -2.22. The standard InChI is InChI=1S/C15H25N/c1-6-9-14(16-5)12-10-7-8-11-13(12)15(2,3)4/h7-8,10-11,14,16H,6,9H2,1-5H3. The molecule has 0 spiro atoms. The van der Waals surface area contributed by atoms with Gasteiger partial charge in [0.25, 0.3) is 0 Å². The molecule has 1 aromatic rings. The van der Waals surface area contributed by atoms with Crippen LogP contribution in [0.4, 0.5) is 0 Å². The summed E-state index contributed by atoms with van der Waals surface area (Å²) in [6.45, 7) is 9.09. The summed E-state index contributed by atoms with van der Waals surface area (Å²) < 4.78 is 0. The highest BCUT2D eigenvalue weighted by molar-refractivity contribution is 5.35. The summed E-state index contributed by atoms with van der Waals surface area (Å²) in [5.74, 6) is 0. The van der Waals surface area contributed by atoms with Crippen molar-refractivity contribution in [2.24, 2.45) is 0 Å². The summed E-state index contributed by atoms with van der Waals surface area (Å²) in [5, 5.41) is 3.43. The highest BCUT2D eigenvalue weighted by atomic mass is 14.9. The normalized spacial score (nSPS) is 13.8. The lowest BCUT2D eigenvalue weighted by atomic mass is 9.81. The Morgan fingerprint density at radius 1 is 1.19 bits per heavy atom. The van der Waals surface area contributed by atoms with E-state index >= 15 is 0 Å². The Morgan fingerprint density at radius 3 is 2.31 bits per heavy atom. The number of hydrogen-bond donors (Lipinski definition) is 1. The molecular weight excluding hydrogens is 194 g/mol. The first-order valence-electron chi connectivity index (χ1n) is 6.27. The van der Waals surface area contributed by atoms with Gasteiger partial charge in [-0.15, -0.1) is 0 Å². The molecule has 0 saturated carbocycles. The molecule has 1 unspecified atom stereocenters. The van der Waals surface area contributed by atoms with Gasteiger partial charge in [0.1, 0.15) is 0 Å². The summed E-state index contributed by atoms with van der Waals surface area (Å²) in [6.07, 6.45) is 2.41. The van der Waals surface area contributed by atoms with Crippen LogP contribution in [0.15, 0.2) is 24.3 Å². The minimum Gasteiger partial charge on any atom is -0.313 e. The van der Waals surface area contributed by atoms with Crippen molar-refractivity contribution in [3.63, 3.8) is 0 Å². The van der Waals surface area contributed by atoms with Crippen LogP contribution in [-0.4, -0.2) is 7.05 Å². The van der Waals surface area contributed by atoms with E-state index in [4.69, 9.17) is 0 Å². The molecule has 1 aromatic carbocycles. The third-order valence-corrected chi connectivity index (χ3v) is 3.07. The average molecular weight is 219 g/mol. The van der Waals surface area contributed by atoms with Crippen LogP contribution in [0.3, 0.4) is 0 Å². The second kappa shape index (κ2) is 5.49. The summed E-state index contributed by atoms with van der Waals surface area (Å²) in [7, 11) is 2.06. The Labute approximate surface area is 100 Å². The van der Waals surface area contributed by atoms with Crippen molar-refractivity contribution in [1.82, 2.24) is 5.32 Å². The molecule has 0 aliphatic carbocycles. The van der Waals surface area contributed by atoms with Crippen LogP contribution >= 0.6 is 0 Å². The molecule has 0 saturated heterocycles. The number of nitrogens with one attached hydrogen (secondary N) is 1. The van der Waals surface area contributed by atoms with Gasteiger partial charge in [-0.1, -0.05) is 58.4 Å². The Kier molecular flexibility index (Phi) is 4.55. The minimum atomic E-state index is 0.222. The molecule has 1 nitrogen and oxygen atoms in total. The number of benzene rings is 1. The highest BCUT2D eigenvalue weighted by Crippen LogP contribution is 2.31. The van der Waals surface area contributed by atoms with E-state index in [9.17, 15) is 0 Å². The van der Waals surface area contributed by atoms with Gasteiger partial charge in [0.2, 0.25) is 0 Å². The van der Waals surface area contributed by atoms with Gasteiger partial charge < -0.3 is 5.32 Å². The van der Waals surface area contributed by atoms with Crippen LogP contribution in [0.5, 0.6) is 0 Å². The summed E-state index contributed by atoms with van der Waals surface area (Å²) in [6, 6.07) is 9.29. The lowest BCUT2D eigenvalue weighted by molar-refractivity contribution is 0.512. The van der Waals surface area contributed by atoms with Crippen molar-refractivity contribution in [1.29, 1.82) is 0 Å². The number of rotatable bonds is 4. The molecule has 90 valence electrons. The highest BCUT2D eigenvalue weighted by Gasteiger charge is 2.20. The van der Waals surface area contributed by atoms with E-state index in [-0.39, 0.29) is 5.41 Å². The fourth-order valence-corrected chi connectivity index (χ4v) is 2.23. The van der Waals surface area contributed by atoms with Crippen molar-refractivity contribution in [3.8, 4) is 0 Å². The summed E-state index contributed by atoms with van der Waals surface area (Å²) >= 11 is 0. The first kappa shape index (κ1) is 13.2. The molecule has 0 amide bonds. The zero-order valence-corrected chi connectivity index (χ0v) is 11.3. The van der Waals surface area contributed by atoms with E-state index in [1.165, 1.54) is 24.0 Å². The predicted octanol–water partition coefficient (Wildman–Crippen LogP) is 4.04. The largest absolute Gasteiger partial charge is 0.313 e. The second-order valence-electron chi connectivity index (χ2n) is 5.47. The fourth-order valence-electron chi connectivity index (χ4n) is 2.23. The third-order valence-electron chi connectivity index (χ3n) is 3.07. The summed E-state index contributed by atoms with van der Waals surface area (Å²) in [5.41, 5.74) is 3.14. The molecule has 0 fully saturated rings. The van der Waals surface area contributed by atoms with Crippen molar-refractivity contribution < 1.29 is 0 Å². The molecule has 1 N–H and O–H groups in total. The molecule has 0 bridgehead atoms. The van der Waals surface area contributed by atoms with Crippen LogP contribution in [0.1, 0.15) is 57.7 Å². The SMILES string of the molecule is CCCC(NC)c1ccccc1C(C)(C)C. The van der Waals surface area contributed by atoms with Gasteiger partial charge in [0.05, 0.1) is 0 Å². The predicted molar refractivity (Wildman–Crippen MR) is 71.9 cm³/mol. The monoisotopic (exact) mass is 219 g/mol. The van der Waals surface area contributed by atoms with Gasteiger partial charge in [-0.25, -0.2) is 0 Å². The van der Waals surface area contributed by atoms with Gasteiger partial charge >= 0.3 is 0 Å². The Morgan fingerprint density at radius 2 is 1.81 bits per heavy atom. The molecule has 0 aliphatic rings. The molecule has 0 aromatic heterocycles. The van der Waals surface area contributed by atoms with Crippen LogP contribution in [0.25, 0.3) is 0 Å². The maximum absolute atomic E-state index is 3.43. The quantitative estimate of drug-likeness (QED) is 0.805. The van der Waals surface area contributed by atoms with E-state index in [1.807, 2.05) is 0 Å². The smallest absolute Gasteiger partial charge is 0.0320 e. The van der Waals surface area contributed by atoms with Crippen LogP contribution < -0.4 is 5.32 Å². The van der Waals surface area contributed by atoms with Crippen LogP contribution in [0, 0.1) is 0 Å². The molecule has 1 rings (SSSR count). The van der Waals surface area contributed by atoms with Crippen molar-refractivity contribution in [2.75, 3.05) is 7.05 Å². The Bertz CT molecular complexity index is 322. The first-order valence-corrected chi connectivity index (χ1v) is 6.27. The Balaban J connectivity index is 3.11. The van der Waals surface area contributed by atoms with Gasteiger partial charge in [-0.05, 0) is 30.0 Å². The van der Waals surface area contributed by atoms with E-state index < -0.39 is 0 Å². The molecule has 1 atom stereocenters. The minimum absolute atomic E-state index is 0.222. The van der Waals surface area contributed by atoms with Gasteiger partial charge in [0, 0.05) is 6.04 Å². The van der Waals surface area contributed by atoms with Crippen molar-refractivity contribution in [3.05, 3.63) is 35.4 Å². The van der Waals surface area contributed by atoms with Crippen LogP contribution in [0.2, 0.25) is 0 Å². The fraction of sp³-hybridized carbons (Fsp3) is 0.600. The summed E-state index contributed by atoms with van der Waals surface area (Å²) in [4.78, 5) is 0. The van der Waals surface area contributed by atoms with Gasteiger partial charge in [-0.2, -0.15) is 0 Å². The zero-order chi connectivity index (χ0) is 12.2. The van der Waals surface area contributed by atoms with Crippen LogP contribution in [-0.2, 0) is 5.41 Å². The molecule has 0 heterocycles. The Hall–Kier alpha value is -0.820. The molecular formula is C15H25N. The van der Waals surface area contributed by atoms with E-state index in [1.54, 1.807) is 0 Å². The van der Waals surface area contributed by atoms with Gasteiger partial charge in [-0.3, -0.25) is 0 Å². The molecule has 0 aliphatic heterocycles. The van der Waals surface area contributed by atoms with E-state index in [0.29, 0.717) is 6.04 Å². The molecule has 0 radical (unpaired) electrons. The maximum atomic E-state index is 3.43. The average Bonchev–Trinajstić information content (AvgIpc) is 2.25. The molecule has 1 heteroatoms. The first-order chi connectivity index (χ1) is 7.50. The topological polar surface area (TPSA) is 12.0 Å². The van der Waals surface area contributed by atoms with Gasteiger partial charge in [0.15, 0.2) is 0 Å². The third kappa shape index (κ3) is 3.08. The second-order valence-corrected chi connectivity index (χ2v) is 5.47. The number of hydrogen-bond acceptors (Lipinski definition) is 1. The molecule has 16 heavy (non-hydrogen) atoms.